The summed E-state index contributed by atoms with van der Waals surface area (Å²) < 4.78 is 11.3. The fraction of sp³-hybridized carbons (Fsp3) is 0.364. The molecule has 1 heterocycles. The number of hydrogen-bond donors (Lipinski definition) is 3. The highest BCUT2D eigenvalue weighted by atomic mass is 16.5. The number of likely N-dealkylation sites (tertiary alicyclic amines) is 1. The summed E-state index contributed by atoms with van der Waals surface area (Å²) in [5.41, 5.74) is 0.0726. The molecule has 1 aliphatic heterocycles. The van der Waals surface area contributed by atoms with Gasteiger partial charge in [0, 0.05) is 12.6 Å². The van der Waals surface area contributed by atoms with E-state index in [0.29, 0.717) is 23.8 Å². The Bertz CT molecular complexity index is 908. The second-order valence-electron chi connectivity index (χ2n) is 7.08. The monoisotopic (exact) mass is 414 g/mol. The average molecular weight is 414 g/mol. The Labute approximate surface area is 175 Å². The second kappa shape index (κ2) is 9.98. The number of piperidine rings is 1. The summed E-state index contributed by atoms with van der Waals surface area (Å²) in [6, 6.07) is 9.46. The van der Waals surface area contributed by atoms with E-state index in [1.807, 2.05) is 0 Å². The van der Waals surface area contributed by atoms with Crippen LogP contribution in [0.15, 0.2) is 36.4 Å². The lowest BCUT2D eigenvalue weighted by Crippen LogP contribution is -2.33. The van der Waals surface area contributed by atoms with Crippen LogP contribution in [0.5, 0.6) is 11.5 Å². The van der Waals surface area contributed by atoms with Gasteiger partial charge in [-0.3, -0.25) is 4.90 Å². The molecule has 1 aliphatic rings. The number of nitrogens with zero attached hydrogens (tertiary/aromatic N) is 1. The van der Waals surface area contributed by atoms with E-state index in [1.165, 1.54) is 44.6 Å². The maximum atomic E-state index is 11.6. The first-order valence-corrected chi connectivity index (χ1v) is 9.89. The molecule has 2 aromatic rings. The van der Waals surface area contributed by atoms with Gasteiger partial charge in [0.25, 0.3) is 0 Å². The molecule has 0 amide bonds. The first-order valence-electron chi connectivity index (χ1n) is 9.89. The van der Waals surface area contributed by atoms with Crippen LogP contribution in [0.2, 0.25) is 0 Å². The molecule has 2 aromatic carbocycles. The van der Waals surface area contributed by atoms with Crippen LogP contribution in [0, 0.1) is 0 Å². The predicted octanol–water partition coefficient (Wildman–Crippen LogP) is 3.70. The van der Waals surface area contributed by atoms with Crippen molar-refractivity contribution in [2.24, 2.45) is 0 Å². The van der Waals surface area contributed by atoms with Gasteiger partial charge in [0.05, 0.1) is 29.6 Å². The van der Waals surface area contributed by atoms with Gasteiger partial charge in [0.1, 0.15) is 18.1 Å². The minimum absolute atomic E-state index is 0.166. The number of hydrogen-bond acceptors (Lipinski definition) is 6. The quantitative estimate of drug-likeness (QED) is 0.570. The predicted molar refractivity (Wildman–Crippen MR) is 112 cm³/mol. The molecule has 1 fully saturated rings. The van der Waals surface area contributed by atoms with Crippen molar-refractivity contribution < 1.29 is 29.3 Å². The summed E-state index contributed by atoms with van der Waals surface area (Å²) in [7, 11) is 1.50. The van der Waals surface area contributed by atoms with Crippen molar-refractivity contribution in [3.8, 4) is 11.5 Å². The fourth-order valence-corrected chi connectivity index (χ4v) is 3.55. The number of benzene rings is 2. The van der Waals surface area contributed by atoms with Crippen LogP contribution in [0.4, 0.5) is 11.4 Å². The lowest BCUT2D eigenvalue weighted by Gasteiger charge is -2.26. The number of carboxylic acid groups (broad SMARTS) is 2. The van der Waals surface area contributed by atoms with Gasteiger partial charge in [-0.25, -0.2) is 9.59 Å². The topological polar surface area (TPSA) is 108 Å². The lowest BCUT2D eigenvalue weighted by atomic mass is 10.0. The maximum absolute atomic E-state index is 11.6. The van der Waals surface area contributed by atoms with Gasteiger partial charge in [0.15, 0.2) is 0 Å². The first-order chi connectivity index (χ1) is 14.5. The molecule has 30 heavy (non-hydrogen) atoms. The first kappa shape index (κ1) is 21.4. The third kappa shape index (κ3) is 5.21. The molecular formula is C22H26N2O6. The SMILES string of the molecule is COc1cc(OCCN2CCCCC2)ccc1Nc1cccc(C(=O)O)c1C(=O)O. The van der Waals surface area contributed by atoms with Crippen molar-refractivity contribution in [3.05, 3.63) is 47.5 Å². The Balaban J connectivity index is 1.73. The number of ether oxygens (including phenoxy) is 2. The molecule has 0 unspecified atom stereocenters. The van der Waals surface area contributed by atoms with Crippen molar-refractivity contribution in [3.63, 3.8) is 0 Å². The van der Waals surface area contributed by atoms with Crippen LogP contribution in [0.3, 0.4) is 0 Å². The van der Waals surface area contributed by atoms with Crippen molar-refractivity contribution in [1.29, 1.82) is 0 Å². The Morgan fingerprint density at radius 2 is 1.80 bits per heavy atom. The molecule has 0 spiro atoms. The van der Waals surface area contributed by atoms with Gasteiger partial charge < -0.3 is 25.0 Å². The number of rotatable bonds is 9. The van der Waals surface area contributed by atoms with Crippen molar-refractivity contribution in [2.75, 3.05) is 38.7 Å². The minimum atomic E-state index is -1.33. The zero-order valence-corrected chi connectivity index (χ0v) is 16.9. The summed E-state index contributed by atoms with van der Waals surface area (Å²) in [6.07, 6.45) is 3.76. The summed E-state index contributed by atoms with van der Waals surface area (Å²) in [5, 5.41) is 21.7. The number of carbonyl (C=O) groups is 2. The number of anilines is 2. The molecule has 0 aromatic heterocycles. The smallest absolute Gasteiger partial charge is 0.338 e. The summed E-state index contributed by atoms with van der Waals surface area (Å²) in [4.78, 5) is 25.4. The van der Waals surface area contributed by atoms with Gasteiger partial charge >= 0.3 is 11.9 Å². The van der Waals surface area contributed by atoms with Crippen molar-refractivity contribution >= 4 is 23.3 Å². The largest absolute Gasteiger partial charge is 0.494 e. The summed E-state index contributed by atoms with van der Waals surface area (Å²) >= 11 is 0. The van der Waals surface area contributed by atoms with Crippen LogP contribution in [-0.2, 0) is 0 Å². The van der Waals surface area contributed by atoms with Gasteiger partial charge in [-0.15, -0.1) is 0 Å². The number of methoxy groups -OCH3 is 1. The van der Waals surface area contributed by atoms with E-state index in [2.05, 4.69) is 10.2 Å². The summed E-state index contributed by atoms with van der Waals surface area (Å²) in [5.74, 6) is -1.53. The number of carboxylic acids is 2. The Morgan fingerprint density at radius 1 is 1.03 bits per heavy atom. The molecule has 0 atom stereocenters. The van der Waals surface area contributed by atoms with Crippen LogP contribution < -0.4 is 14.8 Å². The van der Waals surface area contributed by atoms with Gasteiger partial charge in [-0.1, -0.05) is 12.5 Å². The molecule has 0 aliphatic carbocycles. The number of aromatic carboxylic acids is 2. The van der Waals surface area contributed by atoms with E-state index in [0.717, 1.165) is 19.6 Å². The molecule has 0 bridgehead atoms. The molecule has 8 nitrogen and oxygen atoms in total. The molecule has 1 saturated heterocycles. The highest BCUT2D eigenvalue weighted by molar-refractivity contribution is 6.06. The molecule has 8 heteroatoms. The van der Waals surface area contributed by atoms with Crippen LogP contribution in [0.1, 0.15) is 40.0 Å². The normalized spacial score (nSPS) is 14.2. The molecule has 0 radical (unpaired) electrons. The summed E-state index contributed by atoms with van der Waals surface area (Å²) in [6.45, 7) is 3.65. The van der Waals surface area contributed by atoms with Gasteiger partial charge in [-0.05, 0) is 50.2 Å². The van der Waals surface area contributed by atoms with Crippen LogP contribution >= 0.6 is 0 Å². The third-order valence-corrected chi connectivity index (χ3v) is 5.08. The zero-order valence-electron chi connectivity index (χ0n) is 16.9. The molecular weight excluding hydrogens is 388 g/mol. The average Bonchev–Trinajstić information content (AvgIpc) is 2.75. The number of nitrogens with one attached hydrogen (secondary N) is 1. The Hall–Kier alpha value is -3.26. The highest BCUT2D eigenvalue weighted by Gasteiger charge is 2.21. The maximum Gasteiger partial charge on any atom is 0.338 e. The van der Waals surface area contributed by atoms with E-state index < -0.39 is 11.9 Å². The van der Waals surface area contributed by atoms with Crippen LogP contribution in [0.25, 0.3) is 0 Å². The second-order valence-corrected chi connectivity index (χ2v) is 7.08. The standard InChI is InChI=1S/C22H26N2O6/c1-29-19-14-15(30-13-12-24-10-3-2-4-11-24)8-9-17(19)23-18-7-5-6-16(21(25)26)20(18)22(27)28/h5-9,14,23H,2-4,10-13H2,1H3,(H,25,26)(H,27,28). The van der Waals surface area contributed by atoms with E-state index >= 15 is 0 Å². The molecule has 3 rings (SSSR count). The Morgan fingerprint density at radius 3 is 2.47 bits per heavy atom. The van der Waals surface area contributed by atoms with Crippen molar-refractivity contribution in [1.82, 2.24) is 4.90 Å². The van der Waals surface area contributed by atoms with E-state index in [4.69, 9.17) is 9.47 Å². The van der Waals surface area contributed by atoms with Gasteiger partial charge in [0.2, 0.25) is 0 Å². The molecule has 160 valence electrons. The van der Waals surface area contributed by atoms with Gasteiger partial charge in [-0.2, -0.15) is 0 Å². The minimum Gasteiger partial charge on any atom is -0.494 e. The highest BCUT2D eigenvalue weighted by Crippen LogP contribution is 2.33. The van der Waals surface area contributed by atoms with E-state index in [1.54, 1.807) is 18.2 Å². The van der Waals surface area contributed by atoms with E-state index in [9.17, 15) is 19.8 Å². The lowest BCUT2D eigenvalue weighted by molar-refractivity contribution is 0.0652. The fourth-order valence-electron chi connectivity index (χ4n) is 3.55. The molecule has 3 N–H and O–H groups in total. The van der Waals surface area contributed by atoms with E-state index in [-0.39, 0.29) is 16.8 Å². The zero-order chi connectivity index (χ0) is 21.5. The Kier molecular flexibility index (Phi) is 7.13. The third-order valence-electron chi connectivity index (χ3n) is 5.08. The molecule has 0 saturated carbocycles. The van der Waals surface area contributed by atoms with Crippen LogP contribution in [-0.4, -0.2) is 60.4 Å². The van der Waals surface area contributed by atoms with Crippen molar-refractivity contribution in [2.45, 2.75) is 19.3 Å².